The van der Waals surface area contributed by atoms with Crippen LogP contribution in [0.5, 0.6) is 17.2 Å². The molecule has 0 radical (unpaired) electrons. The Morgan fingerprint density at radius 1 is 1.00 bits per heavy atom. The van der Waals surface area contributed by atoms with Gasteiger partial charge >= 0.3 is 0 Å². The van der Waals surface area contributed by atoms with E-state index in [0.29, 0.717) is 16.5 Å². The Morgan fingerprint density at radius 2 is 1.63 bits per heavy atom. The third-order valence-corrected chi connectivity index (χ3v) is 3.12. The molecule has 0 fully saturated rings. The van der Waals surface area contributed by atoms with Crippen LogP contribution in [0.2, 0.25) is 5.02 Å². The van der Waals surface area contributed by atoms with Crippen molar-refractivity contribution >= 4 is 11.6 Å². The van der Waals surface area contributed by atoms with Crippen LogP contribution in [0.3, 0.4) is 0 Å². The number of aromatic hydroxyl groups is 1. The number of hydrogen-bond donors (Lipinski definition) is 1. The van der Waals surface area contributed by atoms with Crippen molar-refractivity contribution in [2.24, 2.45) is 0 Å². The van der Waals surface area contributed by atoms with Gasteiger partial charge in [-0.1, -0.05) is 38.4 Å². The first-order chi connectivity index (χ1) is 8.86. The van der Waals surface area contributed by atoms with E-state index in [1.807, 2.05) is 12.1 Å². The van der Waals surface area contributed by atoms with Crippen molar-refractivity contribution < 1.29 is 9.84 Å². The summed E-state index contributed by atoms with van der Waals surface area (Å²) in [4.78, 5) is 0. The first kappa shape index (κ1) is 13.8. The Kier molecular flexibility index (Phi) is 3.72. The highest BCUT2D eigenvalue weighted by Gasteiger charge is 2.16. The summed E-state index contributed by atoms with van der Waals surface area (Å²) in [6, 6.07) is 12.5. The molecular weight excluding hydrogens is 260 g/mol. The molecule has 0 saturated heterocycles. The number of hydrogen-bond acceptors (Lipinski definition) is 2. The van der Waals surface area contributed by atoms with Gasteiger partial charge in [0.1, 0.15) is 5.75 Å². The molecule has 0 heterocycles. The topological polar surface area (TPSA) is 29.5 Å². The second-order valence-corrected chi connectivity index (χ2v) is 5.92. The van der Waals surface area contributed by atoms with Gasteiger partial charge in [-0.25, -0.2) is 0 Å². The fourth-order valence-electron chi connectivity index (χ4n) is 1.69. The van der Waals surface area contributed by atoms with E-state index in [1.165, 1.54) is 0 Å². The van der Waals surface area contributed by atoms with Crippen LogP contribution < -0.4 is 4.74 Å². The first-order valence-corrected chi connectivity index (χ1v) is 6.51. The van der Waals surface area contributed by atoms with Gasteiger partial charge in [0.2, 0.25) is 0 Å². The summed E-state index contributed by atoms with van der Waals surface area (Å²) in [6.45, 7) is 6.35. The lowest BCUT2D eigenvalue weighted by atomic mass is 9.87. The monoisotopic (exact) mass is 276 g/mol. The van der Waals surface area contributed by atoms with Gasteiger partial charge < -0.3 is 9.84 Å². The summed E-state index contributed by atoms with van der Waals surface area (Å²) < 4.78 is 5.69. The standard InChI is InChI=1S/C16H17ClO2/c1-16(2,3)11-4-9-14(18)15(10-11)19-13-7-5-12(17)6-8-13/h4-10,18H,1-3H3. The van der Waals surface area contributed by atoms with E-state index in [9.17, 15) is 5.11 Å². The average Bonchev–Trinajstić information content (AvgIpc) is 2.33. The van der Waals surface area contributed by atoms with Crippen molar-refractivity contribution in [2.45, 2.75) is 26.2 Å². The van der Waals surface area contributed by atoms with Gasteiger partial charge in [0, 0.05) is 5.02 Å². The van der Waals surface area contributed by atoms with Crippen LogP contribution in [0, 0.1) is 0 Å². The lowest BCUT2D eigenvalue weighted by Crippen LogP contribution is -2.10. The summed E-state index contributed by atoms with van der Waals surface area (Å²) in [7, 11) is 0. The number of phenolic OH excluding ortho intramolecular Hbond substituents is 1. The molecule has 3 heteroatoms. The average molecular weight is 277 g/mol. The van der Waals surface area contributed by atoms with Gasteiger partial charge in [0.05, 0.1) is 0 Å². The molecule has 19 heavy (non-hydrogen) atoms. The van der Waals surface area contributed by atoms with E-state index in [1.54, 1.807) is 30.3 Å². The van der Waals surface area contributed by atoms with Crippen LogP contribution in [-0.4, -0.2) is 5.11 Å². The van der Waals surface area contributed by atoms with Crippen molar-refractivity contribution in [3.8, 4) is 17.2 Å². The highest BCUT2D eigenvalue weighted by molar-refractivity contribution is 6.30. The fraction of sp³-hybridized carbons (Fsp3) is 0.250. The fourth-order valence-corrected chi connectivity index (χ4v) is 1.82. The molecule has 100 valence electrons. The molecule has 0 atom stereocenters. The number of halogens is 1. The van der Waals surface area contributed by atoms with Crippen LogP contribution in [0.25, 0.3) is 0 Å². The minimum Gasteiger partial charge on any atom is -0.504 e. The maximum absolute atomic E-state index is 9.87. The predicted octanol–water partition coefficient (Wildman–Crippen LogP) is 5.14. The van der Waals surface area contributed by atoms with Crippen molar-refractivity contribution in [3.63, 3.8) is 0 Å². The molecule has 2 aromatic rings. The molecule has 0 spiro atoms. The molecule has 0 aliphatic heterocycles. The largest absolute Gasteiger partial charge is 0.504 e. The number of ether oxygens (including phenoxy) is 1. The van der Waals surface area contributed by atoms with Gasteiger partial charge in [-0.3, -0.25) is 0 Å². The SMILES string of the molecule is CC(C)(C)c1ccc(O)c(Oc2ccc(Cl)cc2)c1. The van der Waals surface area contributed by atoms with Crippen molar-refractivity contribution in [3.05, 3.63) is 53.1 Å². The lowest BCUT2D eigenvalue weighted by Gasteiger charge is -2.20. The highest BCUT2D eigenvalue weighted by Crippen LogP contribution is 2.35. The van der Waals surface area contributed by atoms with Gasteiger partial charge in [-0.15, -0.1) is 0 Å². The van der Waals surface area contributed by atoms with Gasteiger partial charge in [0.15, 0.2) is 11.5 Å². The molecule has 0 aromatic heterocycles. The Labute approximate surface area is 118 Å². The zero-order valence-electron chi connectivity index (χ0n) is 11.3. The molecule has 2 nitrogen and oxygen atoms in total. The molecule has 0 aliphatic carbocycles. The third-order valence-electron chi connectivity index (χ3n) is 2.87. The summed E-state index contributed by atoms with van der Waals surface area (Å²) in [6.07, 6.45) is 0. The van der Waals surface area contributed by atoms with E-state index < -0.39 is 0 Å². The molecule has 0 unspecified atom stereocenters. The summed E-state index contributed by atoms with van der Waals surface area (Å²) in [5.41, 5.74) is 1.11. The minimum atomic E-state index is 0.00576. The van der Waals surface area contributed by atoms with E-state index in [0.717, 1.165) is 5.56 Å². The van der Waals surface area contributed by atoms with Crippen LogP contribution >= 0.6 is 11.6 Å². The van der Waals surface area contributed by atoms with Gasteiger partial charge in [-0.05, 0) is 47.4 Å². The number of rotatable bonds is 2. The summed E-state index contributed by atoms with van der Waals surface area (Å²) in [5.74, 6) is 1.23. The summed E-state index contributed by atoms with van der Waals surface area (Å²) >= 11 is 5.83. The van der Waals surface area contributed by atoms with E-state index in [4.69, 9.17) is 16.3 Å². The maximum Gasteiger partial charge on any atom is 0.169 e. The molecule has 2 aromatic carbocycles. The molecule has 0 amide bonds. The normalized spacial score (nSPS) is 11.4. The second-order valence-electron chi connectivity index (χ2n) is 5.49. The molecule has 1 N–H and O–H groups in total. The molecule has 0 aliphatic rings. The maximum atomic E-state index is 9.87. The van der Waals surface area contributed by atoms with Gasteiger partial charge in [-0.2, -0.15) is 0 Å². The van der Waals surface area contributed by atoms with Crippen LogP contribution in [0.15, 0.2) is 42.5 Å². The Morgan fingerprint density at radius 3 is 2.21 bits per heavy atom. The Bertz CT molecular complexity index is 568. The molecule has 0 saturated carbocycles. The predicted molar refractivity (Wildman–Crippen MR) is 78.3 cm³/mol. The first-order valence-electron chi connectivity index (χ1n) is 6.13. The smallest absolute Gasteiger partial charge is 0.169 e. The zero-order valence-corrected chi connectivity index (χ0v) is 12.0. The van der Waals surface area contributed by atoms with Crippen LogP contribution in [0.4, 0.5) is 0 Å². The number of benzene rings is 2. The molecular formula is C16H17ClO2. The van der Waals surface area contributed by atoms with E-state index >= 15 is 0 Å². The van der Waals surface area contributed by atoms with Crippen molar-refractivity contribution in [1.82, 2.24) is 0 Å². The molecule has 2 rings (SSSR count). The van der Waals surface area contributed by atoms with Crippen LogP contribution in [-0.2, 0) is 5.41 Å². The molecule has 0 bridgehead atoms. The van der Waals surface area contributed by atoms with E-state index in [2.05, 4.69) is 20.8 Å². The quantitative estimate of drug-likeness (QED) is 0.823. The van der Waals surface area contributed by atoms with Crippen molar-refractivity contribution in [1.29, 1.82) is 0 Å². The summed E-state index contributed by atoms with van der Waals surface area (Å²) in [5, 5.41) is 10.5. The zero-order chi connectivity index (χ0) is 14.0. The van der Waals surface area contributed by atoms with Crippen molar-refractivity contribution in [2.75, 3.05) is 0 Å². The third kappa shape index (κ3) is 3.42. The van der Waals surface area contributed by atoms with Gasteiger partial charge in [0.25, 0.3) is 0 Å². The lowest BCUT2D eigenvalue weighted by molar-refractivity contribution is 0.409. The minimum absolute atomic E-state index is 0.00576. The Hall–Kier alpha value is -1.67. The van der Waals surface area contributed by atoms with E-state index in [-0.39, 0.29) is 11.2 Å². The highest BCUT2D eigenvalue weighted by atomic mass is 35.5. The second kappa shape index (κ2) is 5.14. The van der Waals surface area contributed by atoms with Crippen LogP contribution in [0.1, 0.15) is 26.3 Å². The Balaban J connectivity index is 2.31. The number of phenols is 1.